The number of nitrogens with zero attached hydrogens (tertiary/aromatic N) is 2. The minimum Gasteiger partial charge on any atom is -0.466 e. The zero-order valence-corrected chi connectivity index (χ0v) is 11.8. The molecule has 1 aliphatic rings. The van der Waals surface area contributed by atoms with E-state index in [0.29, 0.717) is 13.0 Å². The molecule has 0 aliphatic carbocycles. The Morgan fingerprint density at radius 2 is 2.00 bits per heavy atom. The minimum absolute atomic E-state index is 0.131. The molecule has 1 unspecified atom stereocenters. The maximum Gasteiger partial charge on any atom is 0.307 e. The summed E-state index contributed by atoms with van der Waals surface area (Å²) in [6, 6.07) is 4.00. The van der Waals surface area contributed by atoms with E-state index in [0.717, 1.165) is 18.7 Å². The van der Waals surface area contributed by atoms with Gasteiger partial charge in [-0.05, 0) is 57.5 Å². The van der Waals surface area contributed by atoms with E-state index >= 15 is 0 Å². The summed E-state index contributed by atoms with van der Waals surface area (Å²) >= 11 is 0. The van der Waals surface area contributed by atoms with Crippen LogP contribution in [0.25, 0.3) is 0 Å². The lowest BCUT2D eigenvalue weighted by atomic mass is 9.87. The van der Waals surface area contributed by atoms with E-state index in [4.69, 9.17) is 4.74 Å². The summed E-state index contributed by atoms with van der Waals surface area (Å²) in [5.74, 6) is -0.131. The quantitative estimate of drug-likeness (QED) is 0.764. The van der Waals surface area contributed by atoms with Crippen LogP contribution in [0.3, 0.4) is 0 Å². The molecule has 19 heavy (non-hydrogen) atoms. The summed E-state index contributed by atoms with van der Waals surface area (Å²) in [6.07, 6.45) is 6.36. The van der Waals surface area contributed by atoms with E-state index in [1.165, 1.54) is 12.8 Å². The number of ether oxygens (including phenoxy) is 1. The number of carbonyl (C=O) groups is 1. The highest BCUT2D eigenvalue weighted by Crippen LogP contribution is 2.34. The highest BCUT2D eigenvalue weighted by molar-refractivity contribution is 5.71. The molecule has 2 rings (SSSR count). The van der Waals surface area contributed by atoms with Gasteiger partial charge in [-0.25, -0.2) is 0 Å². The van der Waals surface area contributed by atoms with Gasteiger partial charge in [0.25, 0.3) is 0 Å². The van der Waals surface area contributed by atoms with Crippen LogP contribution in [-0.2, 0) is 15.1 Å². The molecule has 0 spiro atoms. The van der Waals surface area contributed by atoms with Gasteiger partial charge in [-0.3, -0.25) is 14.7 Å². The van der Waals surface area contributed by atoms with Crippen LogP contribution in [-0.4, -0.2) is 35.5 Å². The van der Waals surface area contributed by atoms with E-state index in [9.17, 15) is 4.79 Å². The molecular weight excluding hydrogens is 240 g/mol. The summed E-state index contributed by atoms with van der Waals surface area (Å²) < 4.78 is 5.14. The first kappa shape index (κ1) is 14.0. The minimum atomic E-state index is -0.286. The molecule has 0 saturated carbocycles. The molecule has 1 aromatic heterocycles. The number of likely N-dealkylation sites (tertiary alicyclic amines) is 1. The molecule has 0 aromatic carbocycles. The zero-order chi connectivity index (χ0) is 13.7. The fourth-order valence-corrected chi connectivity index (χ4v) is 2.81. The van der Waals surface area contributed by atoms with Gasteiger partial charge in [0.05, 0.1) is 18.6 Å². The van der Waals surface area contributed by atoms with Crippen LogP contribution < -0.4 is 0 Å². The average Bonchev–Trinajstić information content (AvgIpc) is 2.94. The summed E-state index contributed by atoms with van der Waals surface area (Å²) in [5, 5.41) is 0. The highest BCUT2D eigenvalue weighted by atomic mass is 16.5. The molecule has 1 atom stereocenters. The van der Waals surface area contributed by atoms with Crippen molar-refractivity contribution in [1.29, 1.82) is 0 Å². The van der Waals surface area contributed by atoms with Crippen molar-refractivity contribution in [2.75, 3.05) is 19.7 Å². The maximum absolute atomic E-state index is 11.9. The number of rotatable bonds is 5. The van der Waals surface area contributed by atoms with Crippen LogP contribution in [0.4, 0.5) is 0 Å². The Morgan fingerprint density at radius 1 is 1.37 bits per heavy atom. The van der Waals surface area contributed by atoms with Gasteiger partial charge >= 0.3 is 5.97 Å². The number of esters is 1. The molecule has 0 N–H and O–H groups in total. The Hall–Kier alpha value is -1.42. The van der Waals surface area contributed by atoms with Crippen LogP contribution in [0.2, 0.25) is 0 Å². The molecule has 1 aliphatic heterocycles. The Morgan fingerprint density at radius 3 is 2.58 bits per heavy atom. The molecular formula is C15H22N2O2. The van der Waals surface area contributed by atoms with Gasteiger partial charge in [0, 0.05) is 12.4 Å². The zero-order valence-electron chi connectivity index (χ0n) is 11.8. The number of aromatic nitrogens is 1. The van der Waals surface area contributed by atoms with Gasteiger partial charge < -0.3 is 4.74 Å². The third kappa shape index (κ3) is 3.13. The molecule has 2 heterocycles. The van der Waals surface area contributed by atoms with Crippen LogP contribution in [0.5, 0.6) is 0 Å². The van der Waals surface area contributed by atoms with E-state index in [2.05, 4.69) is 16.8 Å². The van der Waals surface area contributed by atoms with Gasteiger partial charge in [0.1, 0.15) is 0 Å². The third-order valence-corrected chi connectivity index (χ3v) is 3.90. The van der Waals surface area contributed by atoms with Crippen molar-refractivity contribution < 1.29 is 9.53 Å². The van der Waals surface area contributed by atoms with Crippen LogP contribution in [0.15, 0.2) is 24.5 Å². The molecule has 104 valence electrons. The first-order valence-corrected chi connectivity index (χ1v) is 6.98. The SMILES string of the molecule is CCOC(=O)CC(C)(c1ccncc1)N1CCCC1. The Bertz CT molecular complexity index is 415. The monoisotopic (exact) mass is 262 g/mol. The molecule has 4 nitrogen and oxygen atoms in total. The molecule has 0 radical (unpaired) electrons. The second kappa shape index (κ2) is 6.15. The topological polar surface area (TPSA) is 42.4 Å². The predicted molar refractivity (Wildman–Crippen MR) is 73.6 cm³/mol. The van der Waals surface area contributed by atoms with Crippen molar-refractivity contribution in [1.82, 2.24) is 9.88 Å². The molecule has 1 fully saturated rings. The van der Waals surface area contributed by atoms with E-state index in [1.54, 1.807) is 12.4 Å². The van der Waals surface area contributed by atoms with Crippen LogP contribution in [0.1, 0.15) is 38.7 Å². The van der Waals surface area contributed by atoms with Gasteiger partial charge in [-0.15, -0.1) is 0 Å². The summed E-state index contributed by atoms with van der Waals surface area (Å²) in [7, 11) is 0. The predicted octanol–water partition coefficient (Wildman–Crippen LogP) is 2.35. The number of carbonyl (C=O) groups excluding carboxylic acids is 1. The van der Waals surface area contributed by atoms with Crippen molar-refractivity contribution in [3.8, 4) is 0 Å². The smallest absolute Gasteiger partial charge is 0.307 e. The Labute approximate surface area is 114 Å². The number of hydrogen-bond acceptors (Lipinski definition) is 4. The lowest BCUT2D eigenvalue weighted by molar-refractivity contribution is -0.146. The van der Waals surface area contributed by atoms with Crippen LogP contribution >= 0.6 is 0 Å². The third-order valence-electron chi connectivity index (χ3n) is 3.90. The van der Waals surface area contributed by atoms with Gasteiger partial charge in [0.15, 0.2) is 0 Å². The summed E-state index contributed by atoms with van der Waals surface area (Å²) in [5.41, 5.74) is 0.851. The van der Waals surface area contributed by atoms with Crippen molar-refractivity contribution >= 4 is 5.97 Å². The fraction of sp³-hybridized carbons (Fsp3) is 0.600. The van der Waals surface area contributed by atoms with E-state index in [-0.39, 0.29) is 11.5 Å². The average molecular weight is 262 g/mol. The first-order chi connectivity index (χ1) is 9.16. The summed E-state index contributed by atoms with van der Waals surface area (Å²) in [6.45, 7) is 6.49. The molecule has 4 heteroatoms. The van der Waals surface area contributed by atoms with Crippen molar-refractivity contribution in [3.63, 3.8) is 0 Å². The summed E-state index contributed by atoms with van der Waals surface area (Å²) in [4.78, 5) is 18.4. The Kier molecular flexibility index (Phi) is 4.53. The first-order valence-electron chi connectivity index (χ1n) is 6.98. The van der Waals surface area contributed by atoms with E-state index in [1.807, 2.05) is 19.1 Å². The number of pyridine rings is 1. The largest absolute Gasteiger partial charge is 0.466 e. The molecule has 0 bridgehead atoms. The van der Waals surface area contributed by atoms with Crippen molar-refractivity contribution in [2.45, 2.75) is 38.6 Å². The number of hydrogen-bond donors (Lipinski definition) is 0. The fourth-order valence-electron chi connectivity index (χ4n) is 2.81. The highest BCUT2D eigenvalue weighted by Gasteiger charge is 2.37. The van der Waals surface area contributed by atoms with Gasteiger partial charge in [-0.1, -0.05) is 0 Å². The van der Waals surface area contributed by atoms with Gasteiger partial charge in [0.2, 0.25) is 0 Å². The normalized spacial score (nSPS) is 19.1. The van der Waals surface area contributed by atoms with Crippen LogP contribution in [0, 0.1) is 0 Å². The standard InChI is InChI=1S/C15H22N2O2/c1-3-19-14(18)12-15(2,17-10-4-5-11-17)13-6-8-16-9-7-13/h6-9H,3-5,10-12H2,1-2H3. The maximum atomic E-state index is 11.9. The second-order valence-corrected chi connectivity index (χ2v) is 5.19. The lowest BCUT2D eigenvalue weighted by Gasteiger charge is -2.38. The van der Waals surface area contributed by atoms with Crippen molar-refractivity contribution in [2.24, 2.45) is 0 Å². The molecule has 1 saturated heterocycles. The second-order valence-electron chi connectivity index (χ2n) is 5.19. The molecule has 0 amide bonds. The Balaban J connectivity index is 2.24. The van der Waals surface area contributed by atoms with Gasteiger partial charge in [-0.2, -0.15) is 0 Å². The lowest BCUT2D eigenvalue weighted by Crippen LogP contribution is -2.44. The molecule has 1 aromatic rings. The van der Waals surface area contributed by atoms with Crippen molar-refractivity contribution in [3.05, 3.63) is 30.1 Å². The van der Waals surface area contributed by atoms with E-state index < -0.39 is 0 Å².